The maximum atomic E-state index is 13.8. The van der Waals surface area contributed by atoms with E-state index in [9.17, 15) is 18.0 Å². The number of hydrogen-bond acceptors (Lipinski definition) is 4. The van der Waals surface area contributed by atoms with E-state index in [1.54, 1.807) is 31.4 Å². The molecule has 184 valence electrons. The summed E-state index contributed by atoms with van der Waals surface area (Å²) in [6.07, 6.45) is -2.36. The van der Waals surface area contributed by atoms with Crippen molar-refractivity contribution in [2.24, 2.45) is 0 Å². The van der Waals surface area contributed by atoms with Gasteiger partial charge in [-0.3, -0.25) is 4.79 Å². The summed E-state index contributed by atoms with van der Waals surface area (Å²) in [5, 5.41) is 8.03. The van der Waals surface area contributed by atoms with Crippen molar-refractivity contribution >= 4 is 34.1 Å². The molecule has 0 aliphatic rings. The number of rotatable bonds is 6. The Morgan fingerprint density at radius 3 is 2.64 bits per heavy atom. The van der Waals surface area contributed by atoms with Gasteiger partial charge in [0.25, 0.3) is 5.91 Å². The van der Waals surface area contributed by atoms with Crippen LogP contribution in [-0.2, 0) is 12.6 Å². The third-order valence-electron chi connectivity index (χ3n) is 5.74. The van der Waals surface area contributed by atoms with E-state index in [-0.39, 0.29) is 23.6 Å². The van der Waals surface area contributed by atoms with Crippen LogP contribution in [0, 0.1) is 0 Å². The van der Waals surface area contributed by atoms with Gasteiger partial charge >= 0.3 is 6.18 Å². The van der Waals surface area contributed by atoms with Gasteiger partial charge in [-0.15, -0.1) is 0 Å². The largest absolute Gasteiger partial charge is 0.497 e. The van der Waals surface area contributed by atoms with Crippen LogP contribution in [-0.4, -0.2) is 39.1 Å². The van der Waals surface area contributed by atoms with Crippen molar-refractivity contribution in [2.75, 3.05) is 13.7 Å². The Balaban J connectivity index is 1.39. The molecule has 0 radical (unpaired) electrons. The third kappa shape index (κ3) is 4.59. The summed E-state index contributed by atoms with van der Waals surface area (Å²) in [6.45, 7) is 0.256. The van der Waals surface area contributed by atoms with Crippen LogP contribution in [0.1, 0.15) is 21.7 Å². The second-order valence-electron chi connectivity index (χ2n) is 8.06. The fraction of sp³-hybridized carbons (Fsp3) is 0.160. The number of nitrogens with zero attached hydrogens (tertiary/aromatic N) is 3. The van der Waals surface area contributed by atoms with E-state index in [1.165, 1.54) is 6.07 Å². The second-order valence-corrected chi connectivity index (χ2v) is 8.50. The van der Waals surface area contributed by atoms with E-state index in [0.717, 1.165) is 22.5 Å². The van der Waals surface area contributed by atoms with Gasteiger partial charge in [-0.2, -0.15) is 18.3 Å². The zero-order chi connectivity index (χ0) is 25.4. The number of halogens is 4. The van der Waals surface area contributed by atoms with Gasteiger partial charge in [0.15, 0.2) is 17.0 Å². The summed E-state index contributed by atoms with van der Waals surface area (Å²) in [7, 11) is 1.58. The first kappa shape index (κ1) is 23.7. The molecule has 5 rings (SSSR count). The van der Waals surface area contributed by atoms with Crippen LogP contribution in [0.4, 0.5) is 13.2 Å². The van der Waals surface area contributed by atoms with E-state index in [2.05, 4.69) is 20.4 Å². The molecule has 0 fully saturated rings. The van der Waals surface area contributed by atoms with Crippen LogP contribution in [0.15, 0.2) is 60.8 Å². The molecule has 0 atom stereocenters. The molecule has 3 heterocycles. The topological polar surface area (TPSA) is 84.3 Å². The molecule has 0 spiro atoms. The molecule has 7 nitrogen and oxygen atoms in total. The molecule has 5 aromatic rings. The van der Waals surface area contributed by atoms with Crippen LogP contribution >= 0.6 is 11.6 Å². The number of nitrogens with one attached hydrogen (secondary N) is 2. The summed E-state index contributed by atoms with van der Waals surface area (Å²) in [5.41, 5.74) is 1.14. The predicted molar refractivity (Wildman–Crippen MR) is 129 cm³/mol. The molecular formula is C25H19ClF3N5O2. The number of aromatic nitrogens is 4. The van der Waals surface area contributed by atoms with Crippen molar-refractivity contribution in [1.82, 2.24) is 24.9 Å². The summed E-state index contributed by atoms with van der Waals surface area (Å²) in [6, 6.07) is 14.1. The first-order chi connectivity index (χ1) is 17.2. The van der Waals surface area contributed by atoms with Crippen molar-refractivity contribution in [2.45, 2.75) is 12.6 Å². The van der Waals surface area contributed by atoms with Crippen LogP contribution in [0.2, 0.25) is 5.02 Å². The molecule has 0 aliphatic carbocycles. The SMILES string of the molecule is COc1ccc2[nH]cc(CCNC(=O)c3cc4nc(-c5ccc(Cl)cc5)cc(C(F)(F)F)n4n3)c2c1. The Labute approximate surface area is 207 Å². The number of H-pyrrole nitrogens is 1. The van der Waals surface area contributed by atoms with Gasteiger partial charge < -0.3 is 15.0 Å². The molecular weight excluding hydrogens is 495 g/mol. The van der Waals surface area contributed by atoms with Gasteiger partial charge in [0, 0.05) is 40.3 Å². The number of carbonyl (C=O) groups is 1. The van der Waals surface area contributed by atoms with E-state index < -0.39 is 17.8 Å². The summed E-state index contributed by atoms with van der Waals surface area (Å²) in [5.74, 6) is 0.113. The molecule has 36 heavy (non-hydrogen) atoms. The highest BCUT2D eigenvalue weighted by Gasteiger charge is 2.35. The number of benzene rings is 2. The number of hydrogen-bond donors (Lipinski definition) is 2. The molecule has 0 saturated heterocycles. The minimum Gasteiger partial charge on any atom is -0.497 e. The first-order valence-corrected chi connectivity index (χ1v) is 11.3. The molecule has 2 aromatic carbocycles. The van der Waals surface area contributed by atoms with Crippen LogP contribution < -0.4 is 10.1 Å². The lowest BCUT2D eigenvalue weighted by atomic mass is 10.1. The van der Waals surface area contributed by atoms with Crippen molar-refractivity contribution < 1.29 is 22.7 Å². The smallest absolute Gasteiger partial charge is 0.433 e. The van der Waals surface area contributed by atoms with Gasteiger partial charge in [0.1, 0.15) is 5.75 Å². The Morgan fingerprint density at radius 1 is 1.14 bits per heavy atom. The average Bonchev–Trinajstić information content (AvgIpc) is 3.47. The number of ether oxygens (including phenoxy) is 1. The lowest BCUT2D eigenvalue weighted by Gasteiger charge is -2.11. The van der Waals surface area contributed by atoms with Gasteiger partial charge in [-0.1, -0.05) is 23.7 Å². The summed E-state index contributed by atoms with van der Waals surface area (Å²) >= 11 is 5.89. The fourth-order valence-electron chi connectivity index (χ4n) is 3.95. The van der Waals surface area contributed by atoms with Crippen LogP contribution in [0.3, 0.4) is 0 Å². The van der Waals surface area contributed by atoms with Crippen molar-refractivity contribution in [3.05, 3.63) is 82.8 Å². The summed E-state index contributed by atoms with van der Waals surface area (Å²) in [4.78, 5) is 20.2. The zero-order valence-electron chi connectivity index (χ0n) is 18.9. The van der Waals surface area contributed by atoms with E-state index in [1.807, 2.05) is 24.4 Å². The molecule has 0 saturated carbocycles. The third-order valence-corrected chi connectivity index (χ3v) is 6.00. The standard InChI is InChI=1S/C25H19ClF3N5O2/c1-36-17-6-7-19-18(10-17)15(13-31-19)8-9-30-24(35)21-12-23-32-20(14-2-4-16(26)5-3-14)11-22(25(27,28)29)34(23)33-21/h2-7,10-13,31H,8-9H2,1H3,(H,30,35). The van der Waals surface area contributed by atoms with Gasteiger partial charge in [0.2, 0.25) is 0 Å². The average molecular weight is 514 g/mol. The Hall–Kier alpha value is -4.05. The number of fused-ring (bicyclic) bond motifs is 2. The Morgan fingerprint density at radius 2 is 1.92 bits per heavy atom. The maximum Gasteiger partial charge on any atom is 0.433 e. The molecule has 3 aromatic heterocycles. The lowest BCUT2D eigenvalue weighted by molar-refractivity contribution is -0.142. The highest BCUT2D eigenvalue weighted by molar-refractivity contribution is 6.30. The number of carbonyl (C=O) groups excluding carboxylic acids is 1. The first-order valence-electron chi connectivity index (χ1n) is 10.9. The van der Waals surface area contributed by atoms with Crippen LogP contribution in [0.25, 0.3) is 27.8 Å². The molecule has 2 N–H and O–H groups in total. The minimum atomic E-state index is -4.71. The van der Waals surface area contributed by atoms with Gasteiger partial charge in [0.05, 0.1) is 12.8 Å². The predicted octanol–water partition coefficient (Wildman–Crippen LogP) is 5.53. The van der Waals surface area contributed by atoms with Crippen molar-refractivity contribution in [1.29, 1.82) is 0 Å². The van der Waals surface area contributed by atoms with E-state index in [4.69, 9.17) is 16.3 Å². The lowest BCUT2D eigenvalue weighted by Crippen LogP contribution is -2.26. The maximum absolute atomic E-state index is 13.8. The van der Waals surface area contributed by atoms with Crippen LogP contribution in [0.5, 0.6) is 5.75 Å². The number of alkyl halides is 3. The number of aromatic amines is 1. The minimum absolute atomic E-state index is 0.0908. The number of amides is 1. The summed E-state index contributed by atoms with van der Waals surface area (Å²) < 4.78 is 47.3. The fourth-order valence-corrected chi connectivity index (χ4v) is 4.07. The molecule has 11 heteroatoms. The normalized spacial score (nSPS) is 11.8. The van der Waals surface area contributed by atoms with E-state index in [0.29, 0.717) is 27.3 Å². The molecule has 0 bridgehead atoms. The molecule has 1 amide bonds. The van der Waals surface area contributed by atoms with Crippen molar-refractivity contribution in [3.63, 3.8) is 0 Å². The van der Waals surface area contributed by atoms with Gasteiger partial charge in [-0.25, -0.2) is 9.50 Å². The van der Waals surface area contributed by atoms with Gasteiger partial charge in [-0.05, 0) is 48.4 Å². The highest BCUT2D eigenvalue weighted by Crippen LogP contribution is 2.32. The number of methoxy groups -OCH3 is 1. The molecule has 0 aliphatic heterocycles. The second kappa shape index (κ2) is 9.19. The Bertz CT molecular complexity index is 1570. The monoisotopic (exact) mass is 513 g/mol. The van der Waals surface area contributed by atoms with E-state index >= 15 is 0 Å². The Kier molecular flexibility index (Phi) is 6.05. The quantitative estimate of drug-likeness (QED) is 0.313. The molecule has 0 unspecified atom stereocenters. The highest BCUT2D eigenvalue weighted by atomic mass is 35.5. The van der Waals surface area contributed by atoms with Crippen molar-refractivity contribution in [3.8, 4) is 17.0 Å². The zero-order valence-corrected chi connectivity index (χ0v) is 19.6.